The Morgan fingerprint density at radius 3 is 2.79 bits per heavy atom. The van der Waals surface area contributed by atoms with Gasteiger partial charge in [-0.1, -0.05) is 6.42 Å². The number of benzene rings is 1. The first-order chi connectivity index (χ1) is 13.9. The van der Waals surface area contributed by atoms with Crippen LogP contribution in [-0.2, 0) is 17.6 Å². The third-order valence-electron chi connectivity index (χ3n) is 4.54. The molecule has 3 rings (SSSR count). The van der Waals surface area contributed by atoms with Gasteiger partial charge >= 0.3 is 5.97 Å². The van der Waals surface area contributed by atoms with Gasteiger partial charge in [-0.25, -0.2) is 9.18 Å². The molecule has 0 saturated carbocycles. The maximum Gasteiger partial charge on any atom is 0.341 e. The molecule has 1 aliphatic rings. The van der Waals surface area contributed by atoms with Crippen molar-refractivity contribution in [2.24, 2.45) is 0 Å². The van der Waals surface area contributed by atoms with Crippen molar-refractivity contribution in [2.75, 3.05) is 17.2 Å². The number of rotatable bonds is 5. The number of non-ortho nitro benzene ring substituents is 1. The summed E-state index contributed by atoms with van der Waals surface area (Å²) in [4.78, 5) is 24.0. The first-order valence-corrected chi connectivity index (χ1v) is 10.5. The number of carbonyl (C=O) groups excluding carboxylic acids is 1. The second-order valence-corrected chi connectivity index (χ2v) is 8.00. The van der Waals surface area contributed by atoms with Crippen LogP contribution in [0.15, 0.2) is 18.2 Å². The molecule has 7 nitrogen and oxygen atoms in total. The fraction of sp³-hybridized carbons (Fsp3) is 0.368. The van der Waals surface area contributed by atoms with Crippen LogP contribution in [-0.4, -0.2) is 22.6 Å². The summed E-state index contributed by atoms with van der Waals surface area (Å²) < 4.78 is 19.3. The zero-order valence-corrected chi connectivity index (χ0v) is 17.4. The van der Waals surface area contributed by atoms with Crippen molar-refractivity contribution in [1.82, 2.24) is 0 Å². The molecule has 1 aromatic heterocycles. The summed E-state index contributed by atoms with van der Waals surface area (Å²) in [5.41, 5.74) is 1.08. The molecule has 29 heavy (non-hydrogen) atoms. The standard InChI is InChI=1S/C19H20FN3O4S2/c1-2-27-18(24)16-12-6-4-3-5-7-15(12)29-17(16)22-19(28)21-14-10-11(23(25)26)8-9-13(14)20/h8-10H,2-7H2,1H3,(H2,21,22,28). The Labute approximate surface area is 176 Å². The topological polar surface area (TPSA) is 93.5 Å². The normalized spacial score (nSPS) is 13.2. The van der Waals surface area contributed by atoms with Gasteiger partial charge in [0.1, 0.15) is 10.8 Å². The van der Waals surface area contributed by atoms with Crippen molar-refractivity contribution in [3.8, 4) is 0 Å². The molecule has 1 heterocycles. The fourth-order valence-corrected chi connectivity index (χ4v) is 4.79. The Balaban J connectivity index is 1.86. The van der Waals surface area contributed by atoms with Crippen LogP contribution < -0.4 is 10.6 Å². The first kappa shape index (κ1) is 21.1. The molecule has 1 aromatic carbocycles. The molecule has 2 N–H and O–H groups in total. The van der Waals surface area contributed by atoms with Crippen molar-refractivity contribution >= 4 is 51.0 Å². The van der Waals surface area contributed by atoms with Crippen LogP contribution in [0.3, 0.4) is 0 Å². The molecule has 0 aliphatic heterocycles. The molecular weight excluding hydrogens is 417 g/mol. The highest BCUT2D eigenvalue weighted by atomic mass is 32.1. The molecule has 0 atom stereocenters. The number of fused-ring (bicyclic) bond motifs is 1. The summed E-state index contributed by atoms with van der Waals surface area (Å²) in [6, 6.07) is 3.14. The highest BCUT2D eigenvalue weighted by Crippen LogP contribution is 2.38. The quantitative estimate of drug-likeness (QED) is 0.222. The Morgan fingerprint density at radius 1 is 1.31 bits per heavy atom. The second-order valence-electron chi connectivity index (χ2n) is 6.49. The molecule has 154 valence electrons. The number of ether oxygens (including phenoxy) is 1. The van der Waals surface area contributed by atoms with Gasteiger partial charge in [-0.05, 0) is 56.5 Å². The summed E-state index contributed by atoms with van der Waals surface area (Å²) in [5, 5.41) is 17.1. The predicted octanol–water partition coefficient (Wildman–Crippen LogP) is 5.05. The minimum Gasteiger partial charge on any atom is -0.462 e. The molecule has 0 spiro atoms. The van der Waals surface area contributed by atoms with Gasteiger partial charge in [-0.3, -0.25) is 10.1 Å². The predicted molar refractivity (Wildman–Crippen MR) is 114 cm³/mol. The van der Waals surface area contributed by atoms with Crippen molar-refractivity contribution < 1.29 is 18.8 Å². The van der Waals surface area contributed by atoms with Gasteiger partial charge in [0.25, 0.3) is 5.69 Å². The van der Waals surface area contributed by atoms with Crippen LogP contribution >= 0.6 is 23.6 Å². The average molecular weight is 438 g/mol. The number of nitro groups is 1. The maximum atomic E-state index is 14.0. The number of thiophene rings is 1. The fourth-order valence-electron chi connectivity index (χ4n) is 3.23. The van der Waals surface area contributed by atoms with E-state index in [-0.39, 0.29) is 23.1 Å². The van der Waals surface area contributed by atoms with Gasteiger partial charge in [-0.2, -0.15) is 0 Å². The van der Waals surface area contributed by atoms with E-state index < -0.39 is 16.7 Å². The van der Waals surface area contributed by atoms with Gasteiger partial charge in [0.05, 0.1) is 22.8 Å². The van der Waals surface area contributed by atoms with Crippen molar-refractivity contribution in [3.05, 3.63) is 50.1 Å². The zero-order chi connectivity index (χ0) is 21.0. The minimum atomic E-state index is -0.674. The van der Waals surface area contributed by atoms with E-state index in [0.717, 1.165) is 60.7 Å². The van der Waals surface area contributed by atoms with Gasteiger partial charge < -0.3 is 15.4 Å². The van der Waals surface area contributed by atoms with E-state index in [4.69, 9.17) is 17.0 Å². The summed E-state index contributed by atoms with van der Waals surface area (Å²) in [6.45, 7) is 2.00. The molecule has 0 fully saturated rings. The maximum absolute atomic E-state index is 14.0. The molecule has 0 radical (unpaired) electrons. The third kappa shape index (κ3) is 4.88. The number of esters is 1. The number of halogens is 1. The van der Waals surface area contributed by atoms with Crippen molar-refractivity contribution in [3.63, 3.8) is 0 Å². The lowest BCUT2D eigenvalue weighted by Crippen LogP contribution is -2.21. The minimum absolute atomic E-state index is 0.0337. The number of hydrogen-bond donors (Lipinski definition) is 2. The third-order valence-corrected chi connectivity index (χ3v) is 5.95. The molecule has 0 bridgehead atoms. The summed E-state index contributed by atoms with van der Waals surface area (Å²) in [7, 11) is 0. The van der Waals surface area contributed by atoms with Crippen LogP contribution in [0.4, 0.5) is 20.8 Å². The van der Waals surface area contributed by atoms with Gasteiger partial charge in [-0.15, -0.1) is 11.3 Å². The lowest BCUT2D eigenvalue weighted by Gasteiger charge is -2.12. The number of hydrogen-bond acceptors (Lipinski definition) is 6. The summed E-state index contributed by atoms with van der Waals surface area (Å²) in [6.07, 6.45) is 4.83. The number of nitrogens with zero attached hydrogens (tertiary/aromatic N) is 1. The SMILES string of the molecule is CCOC(=O)c1c(NC(=S)Nc2cc([N+](=O)[O-])ccc2F)sc2c1CCCCC2. The van der Waals surface area contributed by atoms with Gasteiger partial charge in [0.15, 0.2) is 5.11 Å². The van der Waals surface area contributed by atoms with Crippen molar-refractivity contribution in [1.29, 1.82) is 0 Å². The molecule has 2 aromatic rings. The lowest BCUT2D eigenvalue weighted by atomic mass is 10.1. The number of aryl methyl sites for hydroxylation is 1. The van der Waals surface area contributed by atoms with E-state index >= 15 is 0 Å². The van der Waals surface area contributed by atoms with Crippen LogP contribution in [0, 0.1) is 15.9 Å². The molecule has 10 heteroatoms. The smallest absolute Gasteiger partial charge is 0.341 e. The molecule has 0 amide bonds. The highest BCUT2D eigenvalue weighted by Gasteiger charge is 2.26. The van der Waals surface area contributed by atoms with E-state index in [1.165, 1.54) is 11.3 Å². The van der Waals surface area contributed by atoms with E-state index in [1.54, 1.807) is 6.92 Å². The Hall–Kier alpha value is -2.59. The van der Waals surface area contributed by atoms with Crippen LogP contribution in [0.2, 0.25) is 0 Å². The van der Waals surface area contributed by atoms with Crippen LogP contribution in [0.1, 0.15) is 47.0 Å². The Kier molecular flexibility index (Phi) is 6.75. The number of carbonyl (C=O) groups is 1. The lowest BCUT2D eigenvalue weighted by molar-refractivity contribution is -0.384. The molecular formula is C19H20FN3O4S2. The second kappa shape index (κ2) is 9.27. The molecule has 1 aliphatic carbocycles. The number of thiocarbonyl (C=S) groups is 1. The summed E-state index contributed by atoms with van der Waals surface area (Å²) in [5.74, 6) is -1.09. The van der Waals surface area contributed by atoms with Gasteiger partial charge in [0, 0.05) is 17.0 Å². The number of nitro benzene ring substituents is 1. The largest absolute Gasteiger partial charge is 0.462 e. The Bertz CT molecular complexity index is 961. The first-order valence-electron chi connectivity index (χ1n) is 9.24. The van der Waals surface area contributed by atoms with E-state index in [9.17, 15) is 19.3 Å². The van der Waals surface area contributed by atoms with Crippen LogP contribution in [0.25, 0.3) is 0 Å². The zero-order valence-electron chi connectivity index (χ0n) is 15.7. The van der Waals surface area contributed by atoms with Crippen molar-refractivity contribution in [2.45, 2.75) is 39.0 Å². The number of anilines is 2. The van der Waals surface area contributed by atoms with Gasteiger partial charge in [0.2, 0.25) is 0 Å². The summed E-state index contributed by atoms with van der Waals surface area (Å²) >= 11 is 6.70. The van der Waals surface area contributed by atoms with E-state index in [2.05, 4.69) is 10.6 Å². The Morgan fingerprint density at radius 2 is 2.07 bits per heavy atom. The molecule has 0 unspecified atom stereocenters. The monoisotopic (exact) mass is 437 g/mol. The number of nitrogens with one attached hydrogen (secondary N) is 2. The van der Waals surface area contributed by atoms with E-state index in [1.807, 2.05) is 0 Å². The van der Waals surface area contributed by atoms with Crippen LogP contribution in [0.5, 0.6) is 0 Å². The highest BCUT2D eigenvalue weighted by molar-refractivity contribution is 7.80. The van der Waals surface area contributed by atoms with E-state index in [0.29, 0.717) is 10.6 Å². The average Bonchev–Trinajstić information content (AvgIpc) is 2.84. The molecule has 0 saturated heterocycles.